The summed E-state index contributed by atoms with van der Waals surface area (Å²) >= 11 is 0. The van der Waals surface area contributed by atoms with Crippen molar-refractivity contribution in [3.05, 3.63) is 76.7 Å². The topological polar surface area (TPSA) is 92.5 Å². The zero-order chi connectivity index (χ0) is 27.7. The number of amides is 1. The highest BCUT2D eigenvalue weighted by Gasteiger charge is 2.36. The Morgan fingerprint density at radius 1 is 1.11 bits per heavy atom. The van der Waals surface area contributed by atoms with Gasteiger partial charge in [0.25, 0.3) is 0 Å². The summed E-state index contributed by atoms with van der Waals surface area (Å²) in [5.74, 6) is -2.86. The number of anilines is 1. The van der Waals surface area contributed by atoms with Gasteiger partial charge in [0.2, 0.25) is 15.9 Å². The molecule has 0 aliphatic carbocycles. The first kappa shape index (κ1) is 27.5. The maximum Gasteiger partial charge on any atom is 0.416 e. The molecule has 1 amide bonds. The predicted molar refractivity (Wildman–Crippen MR) is 128 cm³/mol. The van der Waals surface area contributed by atoms with Crippen LogP contribution in [0.4, 0.5) is 27.6 Å². The molecule has 1 aromatic heterocycles. The van der Waals surface area contributed by atoms with Crippen molar-refractivity contribution in [2.45, 2.75) is 30.8 Å². The Balaban J connectivity index is 1.44. The molecule has 0 unspecified atom stereocenters. The summed E-state index contributed by atoms with van der Waals surface area (Å²) in [6.45, 7) is 1.38. The molecule has 7 nitrogen and oxygen atoms in total. The number of halogens is 5. The average Bonchev–Trinajstić information content (AvgIpc) is 3.24. The molecule has 2 heterocycles. The van der Waals surface area contributed by atoms with E-state index in [2.05, 4.69) is 10.5 Å². The summed E-state index contributed by atoms with van der Waals surface area (Å²) in [5.41, 5.74) is -0.814. The normalized spacial score (nSPS) is 15.7. The highest BCUT2D eigenvalue weighted by molar-refractivity contribution is 7.89. The second-order valence-corrected chi connectivity index (χ2v) is 10.6. The number of alkyl halides is 3. The van der Waals surface area contributed by atoms with Crippen molar-refractivity contribution in [1.29, 1.82) is 0 Å². The summed E-state index contributed by atoms with van der Waals surface area (Å²) < 4.78 is 98.9. The lowest BCUT2D eigenvalue weighted by molar-refractivity contribution is -0.137. The summed E-state index contributed by atoms with van der Waals surface area (Å²) in [5, 5.41) is 6.18. The number of benzene rings is 2. The molecule has 202 valence electrons. The zero-order valence-corrected chi connectivity index (χ0v) is 20.7. The second kappa shape index (κ2) is 10.7. The van der Waals surface area contributed by atoms with E-state index in [0.717, 1.165) is 22.5 Å². The first-order valence-electron chi connectivity index (χ1n) is 11.4. The number of piperidine rings is 1. The third kappa shape index (κ3) is 5.94. The van der Waals surface area contributed by atoms with E-state index in [-0.39, 0.29) is 53.5 Å². The summed E-state index contributed by atoms with van der Waals surface area (Å²) in [6.07, 6.45) is -1.82. The van der Waals surface area contributed by atoms with Crippen LogP contribution in [-0.2, 0) is 21.0 Å². The van der Waals surface area contributed by atoms with Gasteiger partial charge in [-0.05, 0) is 62.2 Å². The molecule has 0 radical (unpaired) electrons. The van der Waals surface area contributed by atoms with Crippen molar-refractivity contribution >= 4 is 33.8 Å². The van der Waals surface area contributed by atoms with E-state index in [4.69, 9.17) is 4.52 Å². The van der Waals surface area contributed by atoms with Gasteiger partial charge in [-0.3, -0.25) is 4.79 Å². The van der Waals surface area contributed by atoms with Gasteiger partial charge in [0.15, 0.2) is 10.7 Å². The molecule has 13 heteroatoms. The minimum atomic E-state index is -4.55. The van der Waals surface area contributed by atoms with Crippen LogP contribution in [0, 0.1) is 24.5 Å². The number of carbonyl (C=O) groups excluding carboxylic acids is 1. The number of nitrogens with one attached hydrogen (secondary N) is 1. The first-order valence-corrected chi connectivity index (χ1v) is 12.9. The number of nitrogens with zero attached hydrogens (tertiary/aromatic N) is 2. The lowest BCUT2D eigenvalue weighted by Crippen LogP contribution is -2.41. The quantitative estimate of drug-likeness (QED) is 0.406. The Morgan fingerprint density at radius 2 is 1.82 bits per heavy atom. The van der Waals surface area contributed by atoms with Gasteiger partial charge in [-0.1, -0.05) is 11.2 Å². The third-order valence-corrected chi connectivity index (χ3v) is 8.15. The van der Waals surface area contributed by atoms with Crippen LogP contribution in [0.1, 0.15) is 35.4 Å². The highest BCUT2D eigenvalue weighted by atomic mass is 32.2. The van der Waals surface area contributed by atoms with Gasteiger partial charge < -0.3 is 9.84 Å². The SMILES string of the molecule is Cc1noc(C=Cc2ccc(F)cc2F)c1S(=O)(=O)N1CCC(C(=O)Nc2cccc(C(F)(F)F)c2)CC1. The molecule has 0 saturated carbocycles. The molecule has 1 N–H and O–H groups in total. The zero-order valence-electron chi connectivity index (χ0n) is 19.9. The Hall–Kier alpha value is -3.58. The van der Waals surface area contributed by atoms with Gasteiger partial charge in [-0.15, -0.1) is 0 Å². The summed E-state index contributed by atoms with van der Waals surface area (Å²) in [6, 6.07) is 7.19. The van der Waals surface area contributed by atoms with Crippen LogP contribution in [0.2, 0.25) is 0 Å². The maximum absolute atomic E-state index is 13.9. The van der Waals surface area contributed by atoms with E-state index in [1.54, 1.807) is 0 Å². The van der Waals surface area contributed by atoms with Crippen LogP contribution in [-0.4, -0.2) is 36.9 Å². The smallest absolute Gasteiger partial charge is 0.355 e. The van der Waals surface area contributed by atoms with Crippen LogP contribution in [0.15, 0.2) is 51.9 Å². The molecule has 1 fully saturated rings. The summed E-state index contributed by atoms with van der Waals surface area (Å²) in [7, 11) is -4.12. The Kier molecular flexibility index (Phi) is 7.70. The highest BCUT2D eigenvalue weighted by Crippen LogP contribution is 2.32. The van der Waals surface area contributed by atoms with E-state index in [9.17, 15) is 35.2 Å². The minimum absolute atomic E-state index is 0.00556. The molecule has 1 aliphatic heterocycles. The fraction of sp³-hybridized carbons (Fsp3) is 0.280. The molecule has 0 atom stereocenters. The Bertz CT molecular complexity index is 1480. The van der Waals surface area contributed by atoms with E-state index < -0.39 is 45.2 Å². The lowest BCUT2D eigenvalue weighted by atomic mass is 9.97. The van der Waals surface area contributed by atoms with Gasteiger partial charge in [0.1, 0.15) is 17.3 Å². The standard InChI is InChI=1S/C25H22F5N3O4S/c1-15-23(22(37-32-15)8-6-16-5-7-19(26)14-21(16)27)38(35,36)33-11-9-17(10-12-33)24(34)31-20-4-2-3-18(13-20)25(28,29)30/h2-8,13-14,17H,9-12H2,1H3,(H,31,34). The molecule has 38 heavy (non-hydrogen) atoms. The van der Waals surface area contributed by atoms with Crippen molar-refractivity contribution in [2.24, 2.45) is 5.92 Å². The maximum atomic E-state index is 13.9. The Morgan fingerprint density at radius 3 is 2.47 bits per heavy atom. The number of aromatic nitrogens is 1. The van der Waals surface area contributed by atoms with E-state index >= 15 is 0 Å². The van der Waals surface area contributed by atoms with Gasteiger partial charge in [-0.25, -0.2) is 17.2 Å². The van der Waals surface area contributed by atoms with Gasteiger partial charge in [-0.2, -0.15) is 17.5 Å². The number of aryl methyl sites for hydroxylation is 1. The number of hydrogen-bond acceptors (Lipinski definition) is 5. The van der Waals surface area contributed by atoms with Crippen molar-refractivity contribution in [3.63, 3.8) is 0 Å². The average molecular weight is 556 g/mol. The van der Waals surface area contributed by atoms with Gasteiger partial charge >= 0.3 is 6.18 Å². The van der Waals surface area contributed by atoms with Crippen LogP contribution in [0.25, 0.3) is 12.2 Å². The molecular weight excluding hydrogens is 533 g/mol. The number of sulfonamides is 1. The van der Waals surface area contributed by atoms with Crippen LogP contribution < -0.4 is 5.32 Å². The van der Waals surface area contributed by atoms with Crippen LogP contribution in [0.3, 0.4) is 0 Å². The van der Waals surface area contributed by atoms with Gasteiger partial charge in [0.05, 0.1) is 5.56 Å². The molecule has 1 aliphatic rings. The molecule has 3 aromatic rings. The van der Waals surface area contributed by atoms with Crippen molar-refractivity contribution in [3.8, 4) is 0 Å². The largest absolute Gasteiger partial charge is 0.416 e. The van der Waals surface area contributed by atoms with E-state index in [1.807, 2.05) is 0 Å². The second-order valence-electron chi connectivity index (χ2n) is 8.71. The van der Waals surface area contributed by atoms with Crippen LogP contribution >= 0.6 is 0 Å². The van der Waals surface area contributed by atoms with Crippen molar-refractivity contribution in [1.82, 2.24) is 9.46 Å². The number of carbonyl (C=O) groups is 1. The fourth-order valence-corrected chi connectivity index (χ4v) is 5.83. The van der Waals surface area contributed by atoms with E-state index in [0.29, 0.717) is 6.07 Å². The van der Waals surface area contributed by atoms with Crippen LogP contribution in [0.5, 0.6) is 0 Å². The number of hydrogen-bond donors (Lipinski definition) is 1. The first-order chi connectivity index (χ1) is 17.9. The lowest BCUT2D eigenvalue weighted by Gasteiger charge is -2.30. The molecule has 0 spiro atoms. The minimum Gasteiger partial charge on any atom is -0.355 e. The van der Waals surface area contributed by atoms with Crippen molar-refractivity contribution < 1.29 is 39.7 Å². The molecule has 4 rings (SSSR count). The third-order valence-electron chi connectivity index (χ3n) is 6.09. The predicted octanol–water partition coefficient (Wildman–Crippen LogP) is 5.49. The van der Waals surface area contributed by atoms with Crippen molar-refractivity contribution in [2.75, 3.05) is 18.4 Å². The van der Waals surface area contributed by atoms with E-state index in [1.165, 1.54) is 37.3 Å². The Labute approximate surface area is 215 Å². The fourth-order valence-electron chi connectivity index (χ4n) is 4.11. The molecule has 1 saturated heterocycles. The molecule has 0 bridgehead atoms. The van der Waals surface area contributed by atoms with Gasteiger partial charge in [0, 0.05) is 36.3 Å². The number of rotatable bonds is 6. The molecule has 2 aromatic carbocycles. The summed E-state index contributed by atoms with van der Waals surface area (Å²) in [4.78, 5) is 12.4. The monoisotopic (exact) mass is 555 g/mol. The molecular formula is C25H22F5N3O4S.